The Morgan fingerprint density at radius 2 is 1.87 bits per heavy atom. The summed E-state index contributed by atoms with van der Waals surface area (Å²) >= 11 is 0. The summed E-state index contributed by atoms with van der Waals surface area (Å²) in [4.78, 5) is 35.8. The number of rotatable bonds is 7. The fourth-order valence-electron chi connectivity index (χ4n) is 7.82. The second-order valence-corrected chi connectivity index (χ2v) is 13.5. The quantitative estimate of drug-likeness (QED) is 0.111. The van der Waals surface area contributed by atoms with Crippen molar-refractivity contribution in [1.82, 2.24) is 29.7 Å². The van der Waals surface area contributed by atoms with Crippen molar-refractivity contribution >= 4 is 39.5 Å². The van der Waals surface area contributed by atoms with Gasteiger partial charge in [-0.15, -0.1) is 6.42 Å². The van der Waals surface area contributed by atoms with E-state index in [1.807, 2.05) is 4.90 Å². The third kappa shape index (κ3) is 6.18. The van der Waals surface area contributed by atoms with Crippen molar-refractivity contribution < 1.29 is 31.5 Å². The van der Waals surface area contributed by atoms with E-state index in [1.54, 1.807) is 24.3 Å². The first-order chi connectivity index (χ1) is 25.7. The molecule has 3 aliphatic rings. The van der Waals surface area contributed by atoms with Crippen molar-refractivity contribution in [2.75, 3.05) is 50.8 Å². The number of pyridine rings is 2. The van der Waals surface area contributed by atoms with Crippen molar-refractivity contribution in [3.05, 3.63) is 89.4 Å². The summed E-state index contributed by atoms with van der Waals surface area (Å²) in [6.45, 7) is 1.81. The number of fused-ring (bicyclic) bond motifs is 3. The van der Waals surface area contributed by atoms with E-state index in [4.69, 9.17) is 11.2 Å². The maximum Gasteiger partial charge on any atom is 0.319 e. The Labute approximate surface area is 301 Å². The summed E-state index contributed by atoms with van der Waals surface area (Å²) in [7, 11) is 0. The van der Waals surface area contributed by atoms with Gasteiger partial charge in [0.15, 0.2) is 23.3 Å². The number of hydrogen-bond acceptors (Lipinski definition) is 8. The third-order valence-corrected chi connectivity index (χ3v) is 10.4. The first kappa shape index (κ1) is 34.4. The Morgan fingerprint density at radius 1 is 1.04 bits per heavy atom. The Hall–Kier alpha value is -5.68. The van der Waals surface area contributed by atoms with Crippen LogP contribution in [0.2, 0.25) is 0 Å². The van der Waals surface area contributed by atoms with Crippen LogP contribution in [0.1, 0.15) is 30.5 Å². The normalized spacial score (nSPS) is 20.6. The number of amides is 1. The topological polar surface area (TPSA) is 87.6 Å². The van der Waals surface area contributed by atoms with Crippen molar-refractivity contribution in [2.24, 2.45) is 0 Å². The lowest BCUT2D eigenvalue weighted by Gasteiger charge is -2.35. The van der Waals surface area contributed by atoms with E-state index in [1.165, 1.54) is 29.4 Å². The van der Waals surface area contributed by atoms with E-state index in [0.29, 0.717) is 18.7 Å². The molecule has 2 aromatic carbocycles. The number of nitrogens with zero attached hydrogens (tertiary/aromatic N) is 7. The van der Waals surface area contributed by atoms with Crippen LogP contribution in [0.4, 0.5) is 27.8 Å². The molecule has 1 amide bonds. The van der Waals surface area contributed by atoms with Crippen LogP contribution in [0.5, 0.6) is 6.01 Å². The highest BCUT2D eigenvalue weighted by Gasteiger charge is 2.49. The van der Waals surface area contributed by atoms with Gasteiger partial charge in [0.25, 0.3) is 5.91 Å². The van der Waals surface area contributed by atoms with Crippen LogP contribution in [-0.2, 0) is 4.79 Å². The third-order valence-electron chi connectivity index (χ3n) is 10.4. The first-order valence-electron chi connectivity index (χ1n) is 17.2. The van der Waals surface area contributed by atoms with Crippen LogP contribution in [0.15, 0.2) is 60.7 Å². The van der Waals surface area contributed by atoms with Crippen molar-refractivity contribution in [1.29, 1.82) is 0 Å². The van der Waals surface area contributed by atoms with Crippen LogP contribution in [-0.4, -0.2) is 93.2 Å². The number of aromatic nitrogens is 4. The molecule has 3 aliphatic heterocycles. The van der Waals surface area contributed by atoms with E-state index in [0.717, 1.165) is 31.5 Å². The van der Waals surface area contributed by atoms with Gasteiger partial charge in [-0.25, -0.2) is 22.0 Å². The molecule has 3 saturated heterocycles. The number of carbonyl (C=O) groups excluding carboxylic acids is 1. The van der Waals surface area contributed by atoms with Gasteiger partial charge in [-0.3, -0.25) is 19.7 Å². The molecule has 6 heterocycles. The van der Waals surface area contributed by atoms with Crippen molar-refractivity contribution in [2.45, 2.75) is 31.0 Å². The Kier molecular flexibility index (Phi) is 8.90. The Balaban J connectivity index is 1.16. The van der Waals surface area contributed by atoms with E-state index in [-0.39, 0.29) is 83.1 Å². The Morgan fingerprint density at radius 3 is 2.64 bits per heavy atom. The summed E-state index contributed by atoms with van der Waals surface area (Å²) in [5.74, 6) is -2.52. The standard InChI is InChI=1S/C39H32F5N7O2/c1-2-26-31-23(17-29(41)32(26)43)7-5-9-27(31)34-33(44)35-28(20-46-34)36(48-38(47-35)53-22-39-10-6-12-51(39)21-24(40)19-39)49-13-15-50(16-14-49)37(52)30(42)18-25-8-3-4-11-45-25/h1,3-5,7-9,11,17-18,20,24H,6,10,12-16,19,21-22H2/b30-18-/t24-,39+/m1/s1. The van der Waals surface area contributed by atoms with E-state index >= 15 is 4.39 Å². The van der Waals surface area contributed by atoms with Gasteiger partial charge in [-0.1, -0.05) is 30.2 Å². The fraction of sp³-hybridized carbons (Fsp3) is 0.308. The lowest BCUT2D eigenvalue weighted by atomic mass is 9.95. The number of anilines is 1. The van der Waals surface area contributed by atoms with Crippen LogP contribution in [0.3, 0.4) is 0 Å². The van der Waals surface area contributed by atoms with Gasteiger partial charge in [0.2, 0.25) is 0 Å². The molecule has 0 unspecified atom stereocenters. The predicted molar refractivity (Wildman–Crippen MR) is 189 cm³/mol. The maximum absolute atomic E-state index is 16.9. The minimum absolute atomic E-state index is 0.0851. The van der Waals surface area contributed by atoms with Gasteiger partial charge in [-0.05, 0) is 43.0 Å². The van der Waals surface area contributed by atoms with E-state index < -0.39 is 40.9 Å². The summed E-state index contributed by atoms with van der Waals surface area (Å²) in [6, 6.07) is 10.4. The van der Waals surface area contributed by atoms with Gasteiger partial charge >= 0.3 is 6.01 Å². The minimum Gasteiger partial charge on any atom is -0.461 e. The molecule has 0 saturated carbocycles. The van der Waals surface area contributed by atoms with Crippen molar-refractivity contribution in [3.63, 3.8) is 0 Å². The van der Waals surface area contributed by atoms with Gasteiger partial charge in [0.1, 0.15) is 29.8 Å². The molecule has 8 rings (SSSR count). The van der Waals surface area contributed by atoms with Crippen LogP contribution in [0, 0.1) is 29.8 Å². The number of alkyl halides is 1. The highest BCUT2D eigenvalue weighted by atomic mass is 19.2. The number of ether oxygens (including phenoxy) is 1. The number of benzene rings is 2. The van der Waals surface area contributed by atoms with Gasteiger partial charge in [0.05, 0.1) is 22.2 Å². The lowest BCUT2D eigenvalue weighted by Crippen LogP contribution is -2.49. The molecule has 0 bridgehead atoms. The summed E-state index contributed by atoms with van der Waals surface area (Å²) in [6.07, 6.45) is 10.5. The molecule has 0 radical (unpaired) electrons. The maximum atomic E-state index is 16.9. The highest BCUT2D eigenvalue weighted by molar-refractivity contribution is 6.02. The molecule has 9 nitrogen and oxygen atoms in total. The molecule has 14 heteroatoms. The largest absolute Gasteiger partial charge is 0.461 e. The highest BCUT2D eigenvalue weighted by Crippen LogP contribution is 2.41. The Bertz CT molecular complexity index is 2330. The molecular formula is C39H32F5N7O2. The minimum atomic E-state index is -1.23. The first-order valence-corrected chi connectivity index (χ1v) is 17.2. The number of halogens is 5. The van der Waals surface area contributed by atoms with E-state index in [2.05, 4.69) is 30.8 Å². The predicted octanol–water partition coefficient (Wildman–Crippen LogP) is 6.25. The molecule has 3 fully saturated rings. The van der Waals surface area contributed by atoms with Crippen LogP contribution < -0.4 is 9.64 Å². The zero-order chi connectivity index (χ0) is 36.9. The summed E-state index contributed by atoms with van der Waals surface area (Å²) in [5.41, 5.74) is -0.830. The molecule has 0 N–H and O–H groups in total. The van der Waals surface area contributed by atoms with Crippen molar-refractivity contribution in [3.8, 4) is 29.6 Å². The average molecular weight is 726 g/mol. The summed E-state index contributed by atoms with van der Waals surface area (Å²) < 4.78 is 81.8. The zero-order valence-electron chi connectivity index (χ0n) is 28.3. The van der Waals surface area contributed by atoms with Gasteiger partial charge < -0.3 is 14.5 Å². The summed E-state index contributed by atoms with van der Waals surface area (Å²) in [5, 5.41) is 0.586. The molecule has 53 heavy (non-hydrogen) atoms. The molecule has 0 spiro atoms. The number of carbonyl (C=O) groups is 1. The smallest absolute Gasteiger partial charge is 0.319 e. The van der Waals surface area contributed by atoms with Crippen LogP contribution >= 0.6 is 0 Å². The molecule has 270 valence electrons. The molecular weight excluding hydrogens is 693 g/mol. The second-order valence-electron chi connectivity index (χ2n) is 13.5. The fourth-order valence-corrected chi connectivity index (χ4v) is 7.82. The molecule has 2 atom stereocenters. The monoisotopic (exact) mass is 725 g/mol. The number of hydrogen-bond donors (Lipinski definition) is 0. The molecule has 5 aromatic rings. The van der Waals surface area contributed by atoms with E-state index in [9.17, 15) is 22.4 Å². The van der Waals surface area contributed by atoms with Gasteiger partial charge in [-0.2, -0.15) is 9.97 Å². The molecule has 0 aliphatic carbocycles. The second kappa shape index (κ2) is 13.7. The molecule has 3 aromatic heterocycles. The SMILES string of the molecule is C#Cc1c(F)c(F)cc2cccc(-c3ncc4c(N5CCN(C(=O)/C(F)=C/c6ccccn6)CC5)nc(OC[C@@]56CCCN5C[C@H](F)C6)nc4c3F)c12. The average Bonchev–Trinajstić information content (AvgIpc) is 3.70. The zero-order valence-corrected chi connectivity index (χ0v) is 28.3. The number of terminal acetylenes is 1. The lowest BCUT2D eigenvalue weighted by molar-refractivity contribution is -0.128. The van der Waals surface area contributed by atoms with Gasteiger partial charge in [0, 0.05) is 68.6 Å². The van der Waals surface area contributed by atoms with Crippen LogP contribution in [0.25, 0.3) is 39.0 Å². The number of piperazine rings is 1.